The molecule has 1 amide bonds. The third-order valence-electron chi connectivity index (χ3n) is 3.47. The van der Waals surface area contributed by atoms with Gasteiger partial charge in [0.25, 0.3) is 0 Å². The molecule has 0 saturated carbocycles. The summed E-state index contributed by atoms with van der Waals surface area (Å²) in [6, 6.07) is 5.97. The van der Waals surface area contributed by atoms with Crippen LogP contribution in [0.1, 0.15) is 40.2 Å². The monoisotopic (exact) mass is 378 g/mol. The number of hydrogen-bond donors (Lipinski definition) is 3. The van der Waals surface area contributed by atoms with Crippen molar-refractivity contribution in [1.82, 2.24) is 16.0 Å². The number of benzene rings is 1. The van der Waals surface area contributed by atoms with Crippen LogP contribution in [0.3, 0.4) is 0 Å². The lowest BCUT2D eigenvalue weighted by Crippen LogP contribution is -2.48. The fourth-order valence-electron chi connectivity index (χ4n) is 2.42. The molecular weight excluding hydrogens is 344 g/mol. The lowest BCUT2D eigenvalue weighted by atomic mass is 10.1. The quantitative estimate of drug-likeness (QED) is 0.453. The van der Waals surface area contributed by atoms with Gasteiger partial charge in [0.15, 0.2) is 17.5 Å². The molecule has 0 saturated heterocycles. The van der Waals surface area contributed by atoms with Gasteiger partial charge >= 0.3 is 0 Å². The number of guanidine groups is 1. The van der Waals surface area contributed by atoms with Crippen LogP contribution in [0.25, 0.3) is 0 Å². The highest BCUT2D eigenvalue weighted by Gasteiger charge is 2.13. The maximum atomic E-state index is 11.9. The minimum absolute atomic E-state index is 0.0710. The molecule has 7 heteroatoms. The van der Waals surface area contributed by atoms with Crippen LogP contribution in [-0.2, 0) is 11.2 Å². The number of nitrogens with zero attached hydrogens (tertiary/aromatic N) is 1. The van der Waals surface area contributed by atoms with Gasteiger partial charge in [-0.05, 0) is 58.7 Å². The smallest absolute Gasteiger partial charge is 0.239 e. The molecule has 1 aromatic rings. The molecule has 0 bridgehead atoms. The maximum absolute atomic E-state index is 11.9. The van der Waals surface area contributed by atoms with Crippen molar-refractivity contribution < 1.29 is 14.3 Å². The van der Waals surface area contributed by atoms with Crippen LogP contribution in [0.15, 0.2) is 23.2 Å². The van der Waals surface area contributed by atoms with Crippen LogP contribution in [0.2, 0.25) is 0 Å². The van der Waals surface area contributed by atoms with Crippen molar-refractivity contribution in [3.05, 3.63) is 23.8 Å². The molecule has 1 aromatic carbocycles. The van der Waals surface area contributed by atoms with Crippen LogP contribution >= 0.6 is 0 Å². The Balaban J connectivity index is 2.50. The van der Waals surface area contributed by atoms with Gasteiger partial charge in [0, 0.05) is 19.1 Å². The molecule has 0 heterocycles. The Morgan fingerprint density at radius 3 is 2.33 bits per heavy atom. The highest BCUT2D eigenvalue weighted by atomic mass is 16.5. The Kier molecular flexibility index (Phi) is 9.47. The number of hydrogen-bond acceptors (Lipinski definition) is 4. The van der Waals surface area contributed by atoms with E-state index in [1.165, 1.54) is 0 Å². The summed E-state index contributed by atoms with van der Waals surface area (Å²) < 4.78 is 11.2. The number of aliphatic imine (C=N–C) groups is 1. The Bertz CT molecular complexity index is 624. The summed E-state index contributed by atoms with van der Waals surface area (Å²) in [4.78, 5) is 16.0. The number of carbonyl (C=O) groups is 1. The van der Waals surface area contributed by atoms with E-state index >= 15 is 0 Å². The minimum atomic E-state index is -0.248. The van der Waals surface area contributed by atoms with E-state index in [4.69, 9.17) is 9.47 Å². The third-order valence-corrected chi connectivity index (χ3v) is 3.47. The van der Waals surface area contributed by atoms with E-state index in [1.54, 1.807) is 7.05 Å². The Morgan fingerprint density at radius 2 is 1.74 bits per heavy atom. The molecule has 0 radical (unpaired) electrons. The standard InChI is InChI=1S/C20H34N4O3/c1-7-26-16-10-9-15(13-17(16)27-8-2)11-12-22-19(21-6)23-14-18(25)24-20(3,4)5/h9-10,13H,7-8,11-12,14H2,1-6H3,(H,24,25)(H2,21,22,23). The second kappa shape index (κ2) is 11.3. The first-order chi connectivity index (χ1) is 12.8. The van der Waals surface area contributed by atoms with Crippen molar-refractivity contribution in [1.29, 1.82) is 0 Å². The van der Waals surface area contributed by atoms with Crippen molar-refractivity contribution in [2.75, 3.05) is 33.4 Å². The Hall–Kier alpha value is -2.44. The molecule has 27 heavy (non-hydrogen) atoms. The molecule has 7 nitrogen and oxygen atoms in total. The molecule has 0 aliphatic carbocycles. The van der Waals surface area contributed by atoms with Crippen LogP contribution in [0, 0.1) is 0 Å². The van der Waals surface area contributed by atoms with E-state index in [2.05, 4.69) is 20.9 Å². The summed E-state index contributed by atoms with van der Waals surface area (Å²) in [7, 11) is 1.68. The van der Waals surface area contributed by atoms with E-state index in [9.17, 15) is 4.79 Å². The second-order valence-corrected chi connectivity index (χ2v) is 7.05. The molecule has 0 aliphatic rings. The number of amides is 1. The van der Waals surface area contributed by atoms with Gasteiger partial charge in [-0.1, -0.05) is 6.07 Å². The molecule has 0 aromatic heterocycles. The van der Waals surface area contributed by atoms with Crippen molar-refractivity contribution in [3.63, 3.8) is 0 Å². The van der Waals surface area contributed by atoms with E-state index in [1.807, 2.05) is 52.8 Å². The van der Waals surface area contributed by atoms with E-state index in [-0.39, 0.29) is 18.0 Å². The highest BCUT2D eigenvalue weighted by Crippen LogP contribution is 2.28. The van der Waals surface area contributed by atoms with Crippen molar-refractivity contribution in [2.45, 2.75) is 46.6 Å². The Morgan fingerprint density at radius 1 is 1.07 bits per heavy atom. The minimum Gasteiger partial charge on any atom is -0.490 e. The molecule has 0 spiro atoms. The number of rotatable bonds is 9. The normalized spacial score (nSPS) is 11.7. The van der Waals surface area contributed by atoms with Gasteiger partial charge in [0.2, 0.25) is 5.91 Å². The second-order valence-electron chi connectivity index (χ2n) is 7.05. The van der Waals surface area contributed by atoms with E-state index < -0.39 is 0 Å². The molecule has 0 aliphatic heterocycles. The third kappa shape index (κ3) is 9.17. The zero-order valence-corrected chi connectivity index (χ0v) is 17.4. The van der Waals surface area contributed by atoms with Gasteiger partial charge in [-0.2, -0.15) is 0 Å². The first-order valence-corrected chi connectivity index (χ1v) is 9.43. The van der Waals surface area contributed by atoms with Gasteiger partial charge in [-0.15, -0.1) is 0 Å². The van der Waals surface area contributed by atoms with Crippen molar-refractivity contribution in [2.24, 2.45) is 4.99 Å². The summed E-state index contributed by atoms with van der Waals surface area (Å²) in [5, 5.41) is 9.14. The first kappa shape index (κ1) is 22.6. The Labute approximate surface area is 162 Å². The zero-order valence-electron chi connectivity index (χ0n) is 17.4. The number of ether oxygens (including phenoxy) is 2. The maximum Gasteiger partial charge on any atom is 0.239 e. The zero-order chi connectivity index (χ0) is 20.3. The van der Waals surface area contributed by atoms with Crippen LogP contribution in [-0.4, -0.2) is 50.8 Å². The SMILES string of the molecule is CCOc1ccc(CCNC(=NC)NCC(=O)NC(C)(C)C)cc1OCC. The fourth-order valence-corrected chi connectivity index (χ4v) is 2.42. The molecular formula is C20H34N4O3. The number of carbonyl (C=O) groups excluding carboxylic acids is 1. The lowest BCUT2D eigenvalue weighted by Gasteiger charge is -2.21. The predicted octanol–water partition coefficient (Wildman–Crippen LogP) is 2.11. The summed E-state index contributed by atoms with van der Waals surface area (Å²) >= 11 is 0. The van der Waals surface area contributed by atoms with Crippen LogP contribution < -0.4 is 25.4 Å². The number of nitrogens with one attached hydrogen (secondary N) is 3. The largest absolute Gasteiger partial charge is 0.490 e. The average Bonchev–Trinajstić information content (AvgIpc) is 2.59. The molecule has 152 valence electrons. The van der Waals surface area contributed by atoms with E-state index in [0.717, 1.165) is 23.5 Å². The lowest BCUT2D eigenvalue weighted by molar-refractivity contribution is -0.121. The summed E-state index contributed by atoms with van der Waals surface area (Å²) in [5.41, 5.74) is 0.886. The molecule has 0 atom stereocenters. The van der Waals surface area contributed by atoms with Gasteiger partial charge < -0.3 is 25.4 Å². The summed E-state index contributed by atoms with van der Waals surface area (Å²) in [6.45, 7) is 11.8. The van der Waals surface area contributed by atoms with Crippen molar-refractivity contribution in [3.8, 4) is 11.5 Å². The summed E-state index contributed by atoms with van der Waals surface area (Å²) in [6.07, 6.45) is 0.793. The van der Waals surface area contributed by atoms with Crippen LogP contribution in [0.5, 0.6) is 11.5 Å². The van der Waals surface area contributed by atoms with Crippen LogP contribution in [0.4, 0.5) is 0 Å². The molecule has 3 N–H and O–H groups in total. The van der Waals surface area contributed by atoms with E-state index in [0.29, 0.717) is 25.7 Å². The van der Waals surface area contributed by atoms with Gasteiger partial charge in [-0.3, -0.25) is 9.79 Å². The van der Waals surface area contributed by atoms with Crippen molar-refractivity contribution >= 4 is 11.9 Å². The molecule has 0 fully saturated rings. The van der Waals surface area contributed by atoms with Gasteiger partial charge in [0.1, 0.15) is 0 Å². The molecule has 1 rings (SSSR count). The fraction of sp³-hybridized carbons (Fsp3) is 0.600. The predicted molar refractivity (Wildman–Crippen MR) is 110 cm³/mol. The highest BCUT2D eigenvalue weighted by molar-refractivity contribution is 5.86. The summed E-state index contributed by atoms with van der Waals surface area (Å²) in [5.74, 6) is 2.05. The first-order valence-electron chi connectivity index (χ1n) is 9.43. The van der Waals surface area contributed by atoms with Gasteiger partial charge in [-0.25, -0.2) is 0 Å². The van der Waals surface area contributed by atoms with Gasteiger partial charge in [0.05, 0.1) is 19.8 Å². The molecule has 0 unspecified atom stereocenters. The average molecular weight is 379 g/mol. The topological polar surface area (TPSA) is 84.0 Å².